The van der Waals surface area contributed by atoms with Crippen LogP contribution in [-0.4, -0.2) is 60.7 Å². The van der Waals surface area contributed by atoms with Crippen molar-refractivity contribution < 1.29 is 34.7 Å². The number of hydrogen-bond acceptors (Lipinski definition) is 5. The Bertz CT molecular complexity index is 68.1. The first-order valence-corrected chi connectivity index (χ1v) is 1.64. The summed E-state index contributed by atoms with van der Waals surface area (Å²) >= 11 is 0. The van der Waals surface area contributed by atoms with Crippen LogP contribution in [0.4, 0.5) is 0 Å². The third-order valence-corrected chi connectivity index (χ3v) is 0.0430. The van der Waals surface area contributed by atoms with E-state index in [1.807, 2.05) is 0 Å². The van der Waals surface area contributed by atoms with Gasteiger partial charge in [0.25, 0.3) is 12.9 Å². The van der Waals surface area contributed by atoms with Crippen LogP contribution in [0.5, 0.6) is 0 Å². The summed E-state index contributed by atoms with van der Waals surface area (Å²) in [5, 5.41) is 20.8. The second kappa shape index (κ2) is 59.8. The van der Waals surface area contributed by atoms with E-state index in [0.29, 0.717) is 0 Å². The van der Waals surface area contributed by atoms with E-state index < -0.39 is 0 Å². The van der Waals surface area contributed by atoms with Gasteiger partial charge in [0.15, 0.2) is 0 Å². The van der Waals surface area contributed by atoms with Gasteiger partial charge in [-0.3, -0.25) is 14.4 Å². The summed E-state index contributed by atoms with van der Waals surface area (Å²) in [5.41, 5.74) is 0. The van der Waals surface area contributed by atoms with E-state index >= 15 is 0 Å². The summed E-state index contributed by atoms with van der Waals surface area (Å²) in [6.07, 6.45) is 0. The molecule has 0 aromatic rings. The van der Waals surface area contributed by atoms with Crippen LogP contribution in [0.3, 0.4) is 0 Å². The van der Waals surface area contributed by atoms with Gasteiger partial charge in [-0.05, 0) is 0 Å². The fourth-order valence-corrected chi connectivity index (χ4v) is 0. The molecule has 0 bridgehead atoms. The van der Waals surface area contributed by atoms with E-state index in [-0.39, 0.29) is 45.3 Å². The molecule has 0 spiro atoms. The maximum atomic E-state index is 8.70. The first kappa shape index (κ1) is 22.5. The second-order valence-electron chi connectivity index (χ2n) is 0.412. The number of carbonyl (C=O) groups is 3. The minimum atomic E-state index is -0.250. The van der Waals surface area contributed by atoms with Crippen molar-refractivity contribution in [1.29, 1.82) is 0 Å². The van der Waals surface area contributed by atoms with Gasteiger partial charge in [-0.25, -0.2) is 5.26 Å². The molecule has 0 saturated heterocycles. The van der Waals surface area contributed by atoms with Crippen LogP contribution in [0.25, 0.3) is 0 Å². The Hall–Kier alpha value is -0.760. The zero-order valence-corrected chi connectivity index (χ0v) is 4.71. The summed E-state index contributed by atoms with van der Waals surface area (Å²) in [6.45, 7) is -0.569. The first-order valence-electron chi connectivity index (χ1n) is 1.64. The number of rotatable bonds is 1. The average Bonchev–Trinajstić information content (AvgIpc) is 1.91. The summed E-state index contributed by atoms with van der Waals surface area (Å²) in [6, 6.07) is 0. The maximum absolute atomic E-state index is 8.70. The molecule has 0 rings (SSSR count). The monoisotopic (exact) mass is 272 g/mol. The van der Waals surface area contributed by atoms with Gasteiger partial charge >= 0.3 is 32.3 Å². The number of carboxylic acid groups (broad SMARTS) is 2. The average molecular weight is 272 g/mol. The quantitative estimate of drug-likeness (QED) is 0.282. The Morgan fingerprint density at radius 1 is 1.00 bits per heavy atom. The molecule has 0 fully saturated rings. The molecule has 0 radical (unpaired) electrons. The molecule has 11 heavy (non-hydrogen) atoms. The molecule has 0 heterocycles. The minimum absolute atomic E-state index is 0. The molecule has 0 atom stereocenters. The third-order valence-electron chi connectivity index (χ3n) is 0.0430. The van der Waals surface area contributed by atoms with Crippen molar-refractivity contribution in [2.75, 3.05) is 0 Å². The molecule has 0 saturated carbocycles. The fourth-order valence-electron chi connectivity index (χ4n) is 0. The number of carbonyl (C=O) groups excluding carboxylic acids is 1. The van der Waals surface area contributed by atoms with Crippen molar-refractivity contribution in [3.05, 3.63) is 0 Å². The topological polar surface area (TPSA) is 121 Å². The van der Waals surface area contributed by atoms with Crippen molar-refractivity contribution in [3.8, 4) is 0 Å². The van der Waals surface area contributed by atoms with Crippen molar-refractivity contribution >= 4 is 45.3 Å². The Morgan fingerprint density at radius 2 is 1.09 bits per heavy atom. The zero-order valence-electron chi connectivity index (χ0n) is 4.71. The summed E-state index contributed by atoms with van der Waals surface area (Å²) in [4.78, 5) is 28.3. The predicted molar refractivity (Wildman–Crippen MR) is 37.1 cm³/mol. The van der Waals surface area contributed by atoms with Gasteiger partial charge in [0.1, 0.15) is 0 Å². The molecule has 8 heteroatoms. The van der Waals surface area contributed by atoms with E-state index in [1.165, 1.54) is 0 Å². The molecule has 0 amide bonds. The SMILES string of the molecule is O=CO.O=CO.O=COO.[InH3]. The predicted octanol–water partition coefficient (Wildman–Crippen LogP) is -2.15. The van der Waals surface area contributed by atoms with Gasteiger partial charge in [-0.2, -0.15) is 0 Å². The molecule has 3 N–H and O–H groups in total. The van der Waals surface area contributed by atoms with Crippen LogP contribution in [0.15, 0.2) is 0 Å². The second-order valence-corrected chi connectivity index (χ2v) is 0.412. The molecule has 7 nitrogen and oxygen atoms in total. The van der Waals surface area contributed by atoms with Crippen LogP contribution in [0, 0.1) is 0 Å². The van der Waals surface area contributed by atoms with Gasteiger partial charge in [0, 0.05) is 0 Å². The van der Waals surface area contributed by atoms with Crippen molar-refractivity contribution in [2.45, 2.75) is 0 Å². The van der Waals surface area contributed by atoms with Crippen molar-refractivity contribution in [3.63, 3.8) is 0 Å². The molecular formula is C3H9InO7. The van der Waals surface area contributed by atoms with Gasteiger partial charge in [-0.15, -0.1) is 0 Å². The van der Waals surface area contributed by atoms with E-state index in [0.717, 1.165) is 0 Å². The van der Waals surface area contributed by atoms with Crippen LogP contribution in [-0.2, 0) is 19.3 Å². The van der Waals surface area contributed by atoms with E-state index in [1.54, 1.807) is 0 Å². The Balaban J connectivity index is -0.0000000325. The Morgan fingerprint density at radius 3 is 1.09 bits per heavy atom. The summed E-state index contributed by atoms with van der Waals surface area (Å²) in [7, 11) is 0. The van der Waals surface area contributed by atoms with Gasteiger partial charge < -0.3 is 15.1 Å². The number of hydrogen-bond donors (Lipinski definition) is 3. The first-order chi connectivity index (χ1) is 4.74. The standard InChI is InChI=1S/CH2O3.2CH2O2.In.3H/c2-1-4-3;2*2-1-3;;;;/h1,3H;2*1H,(H,2,3);;;;. The van der Waals surface area contributed by atoms with Crippen LogP contribution in [0.1, 0.15) is 0 Å². The van der Waals surface area contributed by atoms with Crippen LogP contribution in [0.2, 0.25) is 0 Å². The normalized spacial score (nSPS) is 4.09. The molecule has 66 valence electrons. The Labute approximate surface area is 80.3 Å². The van der Waals surface area contributed by atoms with Crippen molar-refractivity contribution in [2.24, 2.45) is 0 Å². The zero-order chi connectivity index (χ0) is 8.83. The van der Waals surface area contributed by atoms with Crippen molar-refractivity contribution in [1.82, 2.24) is 0 Å². The van der Waals surface area contributed by atoms with E-state index in [4.69, 9.17) is 29.9 Å². The summed E-state index contributed by atoms with van der Waals surface area (Å²) in [5.74, 6) is 0. The fraction of sp³-hybridized carbons (Fsp3) is 0. The molecular weight excluding hydrogens is 263 g/mol. The van der Waals surface area contributed by atoms with Crippen LogP contribution >= 0.6 is 0 Å². The molecule has 0 aliphatic heterocycles. The van der Waals surface area contributed by atoms with Crippen LogP contribution < -0.4 is 0 Å². The Kier molecular flexibility index (Phi) is 122. The molecule has 0 aromatic carbocycles. The summed E-state index contributed by atoms with van der Waals surface area (Å²) < 4.78 is 0. The van der Waals surface area contributed by atoms with Gasteiger partial charge in [-0.1, -0.05) is 0 Å². The molecule has 0 aliphatic carbocycles. The van der Waals surface area contributed by atoms with E-state index in [9.17, 15) is 0 Å². The molecule has 0 aromatic heterocycles. The van der Waals surface area contributed by atoms with Gasteiger partial charge in [0.2, 0.25) is 0 Å². The molecule has 0 aliphatic rings. The molecule has 0 unspecified atom stereocenters. The third kappa shape index (κ3) is 8400. The van der Waals surface area contributed by atoms with Gasteiger partial charge in [0.05, 0.1) is 0 Å². The van der Waals surface area contributed by atoms with E-state index in [2.05, 4.69) is 4.89 Å².